The van der Waals surface area contributed by atoms with Gasteiger partial charge in [-0.1, -0.05) is 0 Å². The van der Waals surface area contributed by atoms with E-state index in [1.165, 1.54) is 0 Å². The van der Waals surface area contributed by atoms with E-state index in [-0.39, 0.29) is 12.1 Å². The van der Waals surface area contributed by atoms with Crippen molar-refractivity contribution in [1.29, 1.82) is 0 Å². The van der Waals surface area contributed by atoms with E-state index in [2.05, 4.69) is 0 Å². The molecular weight excluding hydrogens is 180 g/mol. The second kappa shape index (κ2) is 4.17. The molecule has 0 aromatic heterocycles. The van der Waals surface area contributed by atoms with Crippen LogP contribution in [0.25, 0.3) is 0 Å². The predicted molar refractivity (Wildman–Crippen MR) is 53.2 cm³/mol. The summed E-state index contributed by atoms with van der Waals surface area (Å²) in [5.41, 5.74) is 0. The van der Waals surface area contributed by atoms with Gasteiger partial charge in [0.2, 0.25) is 0 Å². The molecule has 0 aliphatic carbocycles. The zero-order valence-electron chi connectivity index (χ0n) is 8.74. The first-order chi connectivity index (χ1) is 6.79. The minimum Gasteiger partial charge on any atom is -0.377 e. The predicted octanol–water partition coefficient (Wildman–Crippen LogP) is 0.923. The average Bonchev–Trinajstić information content (AvgIpc) is 2.70. The number of amides is 2. The maximum Gasteiger partial charge on any atom is 0.320 e. The van der Waals surface area contributed by atoms with Crippen molar-refractivity contribution < 1.29 is 9.53 Å². The molecule has 0 aromatic carbocycles. The second-order valence-electron chi connectivity index (χ2n) is 4.09. The van der Waals surface area contributed by atoms with Crippen molar-refractivity contribution in [3.8, 4) is 0 Å². The molecule has 0 saturated carbocycles. The number of nitrogens with zero attached hydrogens (tertiary/aromatic N) is 2. The van der Waals surface area contributed by atoms with Gasteiger partial charge in [-0.15, -0.1) is 0 Å². The van der Waals surface area contributed by atoms with E-state index in [9.17, 15) is 4.79 Å². The van der Waals surface area contributed by atoms with Gasteiger partial charge in [0.05, 0.1) is 19.3 Å². The van der Waals surface area contributed by atoms with Crippen molar-refractivity contribution >= 4 is 6.03 Å². The van der Waals surface area contributed by atoms with Gasteiger partial charge in [0, 0.05) is 19.6 Å². The maximum absolute atomic E-state index is 12.0. The summed E-state index contributed by atoms with van der Waals surface area (Å²) in [6, 6.07) is 0.440. The Morgan fingerprint density at radius 2 is 2.00 bits per heavy atom. The number of urea groups is 1. The molecule has 0 radical (unpaired) electrons. The van der Waals surface area contributed by atoms with Crippen molar-refractivity contribution in [3.63, 3.8) is 0 Å². The van der Waals surface area contributed by atoms with Crippen LogP contribution in [0.5, 0.6) is 0 Å². The summed E-state index contributed by atoms with van der Waals surface area (Å²) in [5, 5.41) is 0. The summed E-state index contributed by atoms with van der Waals surface area (Å²) in [6.45, 7) is 6.03. The lowest BCUT2D eigenvalue weighted by atomic mass is 10.3. The van der Waals surface area contributed by atoms with Crippen LogP contribution in [0.2, 0.25) is 0 Å². The minimum absolute atomic E-state index is 0.207. The summed E-state index contributed by atoms with van der Waals surface area (Å²) in [7, 11) is 0. The number of likely N-dealkylation sites (tertiary alicyclic amines) is 1. The van der Waals surface area contributed by atoms with E-state index < -0.39 is 0 Å². The molecule has 80 valence electrons. The van der Waals surface area contributed by atoms with Gasteiger partial charge in [0.15, 0.2) is 0 Å². The first kappa shape index (κ1) is 9.77. The summed E-state index contributed by atoms with van der Waals surface area (Å²) < 4.78 is 5.31. The van der Waals surface area contributed by atoms with E-state index in [1.54, 1.807) is 0 Å². The zero-order valence-corrected chi connectivity index (χ0v) is 8.74. The summed E-state index contributed by atoms with van der Waals surface area (Å²) >= 11 is 0. The molecule has 4 nitrogen and oxygen atoms in total. The van der Waals surface area contributed by atoms with Gasteiger partial charge in [-0.2, -0.15) is 0 Å². The van der Waals surface area contributed by atoms with Crippen LogP contribution in [0.4, 0.5) is 4.79 Å². The molecule has 0 unspecified atom stereocenters. The Kier molecular flexibility index (Phi) is 2.91. The molecule has 4 heteroatoms. The molecule has 14 heavy (non-hydrogen) atoms. The Labute approximate surface area is 84.8 Å². The SMILES string of the molecule is C[C@@H]1COCCN1C(=O)N1CCCC1. The zero-order chi connectivity index (χ0) is 9.97. The molecule has 2 rings (SSSR count). The number of morpholine rings is 1. The molecule has 2 saturated heterocycles. The summed E-state index contributed by atoms with van der Waals surface area (Å²) in [5.74, 6) is 0. The summed E-state index contributed by atoms with van der Waals surface area (Å²) in [6.07, 6.45) is 2.31. The fraction of sp³-hybridized carbons (Fsp3) is 0.900. The van der Waals surface area contributed by atoms with Crippen LogP contribution in [0, 0.1) is 0 Å². The lowest BCUT2D eigenvalue weighted by Crippen LogP contribution is -2.51. The number of ether oxygens (including phenoxy) is 1. The Hall–Kier alpha value is -0.770. The van der Waals surface area contributed by atoms with Gasteiger partial charge in [0.25, 0.3) is 0 Å². The average molecular weight is 198 g/mol. The number of hydrogen-bond donors (Lipinski definition) is 0. The second-order valence-corrected chi connectivity index (χ2v) is 4.09. The fourth-order valence-corrected chi connectivity index (χ4v) is 2.10. The maximum atomic E-state index is 12.0. The number of hydrogen-bond acceptors (Lipinski definition) is 2. The van der Waals surface area contributed by atoms with Crippen molar-refractivity contribution in [2.45, 2.75) is 25.8 Å². The van der Waals surface area contributed by atoms with Crippen LogP contribution < -0.4 is 0 Å². The number of carbonyl (C=O) groups excluding carboxylic acids is 1. The first-order valence-electron chi connectivity index (χ1n) is 5.42. The molecule has 0 aromatic rings. The fourth-order valence-electron chi connectivity index (χ4n) is 2.10. The molecule has 2 fully saturated rings. The highest BCUT2D eigenvalue weighted by Gasteiger charge is 2.28. The molecule has 0 bridgehead atoms. The topological polar surface area (TPSA) is 32.8 Å². The van der Waals surface area contributed by atoms with Gasteiger partial charge in [0.1, 0.15) is 0 Å². The van der Waals surface area contributed by atoms with Gasteiger partial charge < -0.3 is 14.5 Å². The smallest absolute Gasteiger partial charge is 0.320 e. The van der Waals surface area contributed by atoms with E-state index >= 15 is 0 Å². The standard InChI is InChI=1S/C10H18N2O2/c1-9-8-14-7-6-12(9)10(13)11-4-2-3-5-11/h9H,2-8H2,1H3/t9-/m1/s1. The van der Waals surface area contributed by atoms with Crippen molar-refractivity contribution in [2.75, 3.05) is 32.8 Å². The van der Waals surface area contributed by atoms with Gasteiger partial charge in [-0.05, 0) is 19.8 Å². The van der Waals surface area contributed by atoms with Crippen molar-refractivity contribution in [2.24, 2.45) is 0 Å². The highest BCUT2D eigenvalue weighted by atomic mass is 16.5. The van der Waals surface area contributed by atoms with Crippen molar-refractivity contribution in [1.82, 2.24) is 9.80 Å². The van der Waals surface area contributed by atoms with Crippen LogP contribution in [0.3, 0.4) is 0 Å². The van der Waals surface area contributed by atoms with Crippen LogP contribution in [0.1, 0.15) is 19.8 Å². The van der Waals surface area contributed by atoms with E-state index in [0.29, 0.717) is 13.2 Å². The Bertz CT molecular complexity index is 214. The van der Waals surface area contributed by atoms with Gasteiger partial charge >= 0.3 is 6.03 Å². The Balaban J connectivity index is 1.94. The lowest BCUT2D eigenvalue weighted by molar-refractivity contribution is 0.0118. The molecular formula is C10H18N2O2. The lowest BCUT2D eigenvalue weighted by Gasteiger charge is -2.35. The monoisotopic (exact) mass is 198 g/mol. The van der Waals surface area contributed by atoms with Gasteiger partial charge in [-0.3, -0.25) is 0 Å². The third-order valence-corrected chi connectivity index (χ3v) is 2.99. The highest BCUT2D eigenvalue weighted by Crippen LogP contribution is 2.14. The molecule has 0 N–H and O–H groups in total. The molecule has 0 spiro atoms. The van der Waals surface area contributed by atoms with Crippen LogP contribution >= 0.6 is 0 Å². The molecule has 2 aliphatic rings. The molecule has 2 amide bonds. The van der Waals surface area contributed by atoms with Crippen molar-refractivity contribution in [3.05, 3.63) is 0 Å². The van der Waals surface area contributed by atoms with Crippen LogP contribution in [-0.2, 0) is 4.74 Å². The quantitative estimate of drug-likeness (QED) is 0.580. The van der Waals surface area contributed by atoms with Gasteiger partial charge in [-0.25, -0.2) is 4.79 Å². The third kappa shape index (κ3) is 1.85. The molecule has 1 atom stereocenters. The number of rotatable bonds is 0. The van der Waals surface area contributed by atoms with Crippen LogP contribution in [-0.4, -0.2) is 54.7 Å². The normalized spacial score (nSPS) is 28.2. The Morgan fingerprint density at radius 3 is 2.64 bits per heavy atom. The summed E-state index contributed by atoms with van der Waals surface area (Å²) in [4.78, 5) is 15.9. The van der Waals surface area contributed by atoms with E-state index in [4.69, 9.17) is 4.74 Å². The molecule has 2 aliphatic heterocycles. The minimum atomic E-state index is 0.207. The van der Waals surface area contributed by atoms with E-state index in [1.807, 2.05) is 16.7 Å². The first-order valence-corrected chi connectivity index (χ1v) is 5.42. The van der Waals surface area contributed by atoms with Crippen LogP contribution in [0.15, 0.2) is 0 Å². The van der Waals surface area contributed by atoms with E-state index in [0.717, 1.165) is 32.5 Å². The highest BCUT2D eigenvalue weighted by molar-refractivity contribution is 5.75. The largest absolute Gasteiger partial charge is 0.377 e. The Morgan fingerprint density at radius 1 is 1.29 bits per heavy atom. The third-order valence-electron chi connectivity index (χ3n) is 2.99. The molecule has 2 heterocycles. The number of carbonyl (C=O) groups is 1.